The maximum atomic E-state index is 5.33. The lowest BCUT2D eigenvalue weighted by Gasteiger charge is -2.16. The van der Waals surface area contributed by atoms with Crippen LogP contribution in [0.25, 0.3) is 123 Å². The maximum absolute atomic E-state index is 5.33. The van der Waals surface area contributed by atoms with Crippen molar-refractivity contribution in [3.05, 3.63) is 249 Å². The zero-order valence-electron chi connectivity index (χ0n) is 36.9. The van der Waals surface area contributed by atoms with E-state index in [9.17, 15) is 0 Å². The van der Waals surface area contributed by atoms with Gasteiger partial charge in [-0.2, -0.15) is 9.97 Å². The zero-order chi connectivity index (χ0) is 45.0. The molecule has 0 atom stereocenters. The Morgan fingerprint density at radius 2 is 0.574 bits per heavy atom. The van der Waals surface area contributed by atoms with Gasteiger partial charge < -0.3 is 4.57 Å². The van der Waals surface area contributed by atoms with E-state index in [4.69, 9.17) is 15.0 Å². The van der Waals surface area contributed by atoms with Crippen LogP contribution in [-0.4, -0.2) is 24.1 Å². The van der Waals surface area contributed by atoms with Crippen LogP contribution in [0.5, 0.6) is 0 Å². The smallest absolute Gasteiger partial charge is 0.238 e. The third kappa shape index (κ3) is 6.76. The minimum Gasteiger partial charge on any atom is -0.307 e. The van der Waals surface area contributed by atoms with Crippen molar-refractivity contribution in [1.29, 1.82) is 0 Å². The lowest BCUT2D eigenvalue weighted by molar-refractivity contribution is 0.953. The van der Waals surface area contributed by atoms with Crippen molar-refractivity contribution in [3.8, 4) is 78.9 Å². The molecule has 5 nitrogen and oxygen atoms in total. The number of hydrogen-bond donors (Lipinski definition) is 0. The first-order valence-electron chi connectivity index (χ1n) is 23.0. The molecule has 0 fully saturated rings. The van der Waals surface area contributed by atoms with Gasteiger partial charge in [-0.15, -0.1) is 0 Å². The topological polar surface area (TPSA) is 48.5 Å². The van der Waals surface area contributed by atoms with Crippen LogP contribution in [0, 0.1) is 0 Å². The zero-order valence-corrected chi connectivity index (χ0v) is 36.9. The summed E-state index contributed by atoms with van der Waals surface area (Å²) in [5.41, 5.74) is 16.4. The first-order chi connectivity index (χ1) is 33.7. The summed E-state index contributed by atoms with van der Waals surface area (Å²) in [5, 5.41) is 4.54. The minimum atomic E-state index is 0.555. The molecule has 0 radical (unpaired) electrons. The monoisotopic (exact) mass is 867 g/mol. The second-order valence-electron chi connectivity index (χ2n) is 17.2. The fraction of sp³-hybridized carbons (Fsp3) is 0. The lowest BCUT2D eigenvalue weighted by atomic mass is 9.95. The molecule has 0 bridgehead atoms. The highest BCUT2D eigenvalue weighted by Crippen LogP contribution is 2.43. The van der Waals surface area contributed by atoms with Crippen molar-refractivity contribution in [2.45, 2.75) is 0 Å². The summed E-state index contributed by atoms with van der Waals surface area (Å²) in [4.78, 5) is 15.8. The van der Waals surface area contributed by atoms with Crippen molar-refractivity contribution < 1.29 is 0 Å². The molecular weight excluding hydrogens is 827 g/mol. The molecule has 0 spiro atoms. The van der Waals surface area contributed by atoms with Crippen molar-refractivity contribution in [2.75, 3.05) is 0 Å². The summed E-state index contributed by atoms with van der Waals surface area (Å²) in [6, 6.07) is 88.5. The second-order valence-corrected chi connectivity index (χ2v) is 17.2. The first kappa shape index (κ1) is 39.2. The number of benzene rings is 10. The van der Waals surface area contributed by atoms with Crippen molar-refractivity contribution in [3.63, 3.8) is 0 Å². The Kier molecular flexibility index (Phi) is 9.43. The van der Waals surface area contributed by atoms with E-state index < -0.39 is 0 Å². The molecule has 0 aliphatic carbocycles. The highest BCUT2D eigenvalue weighted by Gasteiger charge is 2.24. The molecule has 0 saturated heterocycles. The van der Waals surface area contributed by atoms with Gasteiger partial charge in [0.05, 0.1) is 22.1 Å². The Balaban J connectivity index is 1.10. The van der Waals surface area contributed by atoms with Gasteiger partial charge in [-0.05, 0) is 74.8 Å². The van der Waals surface area contributed by atoms with Crippen LogP contribution >= 0.6 is 0 Å². The Hall–Kier alpha value is -9.19. The number of aromatic nitrogens is 5. The summed E-state index contributed by atoms with van der Waals surface area (Å²) in [7, 11) is 0. The van der Waals surface area contributed by atoms with Gasteiger partial charge in [-0.25, -0.2) is 4.98 Å². The summed E-state index contributed by atoms with van der Waals surface area (Å²) in [5.74, 6) is 1.78. The maximum Gasteiger partial charge on any atom is 0.238 e. The largest absolute Gasteiger partial charge is 0.307 e. The minimum absolute atomic E-state index is 0.555. The Morgan fingerprint density at radius 1 is 0.235 bits per heavy atom. The molecule has 13 aromatic rings. The number of para-hydroxylation sites is 2. The van der Waals surface area contributed by atoms with E-state index in [0.29, 0.717) is 17.6 Å². The van der Waals surface area contributed by atoms with Gasteiger partial charge in [0.2, 0.25) is 5.95 Å². The van der Waals surface area contributed by atoms with Crippen molar-refractivity contribution in [1.82, 2.24) is 24.1 Å². The van der Waals surface area contributed by atoms with Crippen molar-refractivity contribution in [2.24, 2.45) is 0 Å². The van der Waals surface area contributed by atoms with Gasteiger partial charge >= 0.3 is 0 Å². The number of rotatable bonds is 8. The summed E-state index contributed by atoms with van der Waals surface area (Å²) in [6.45, 7) is 0. The van der Waals surface area contributed by atoms with Crippen LogP contribution in [0.15, 0.2) is 249 Å². The molecule has 13 rings (SSSR count). The predicted octanol–water partition coefficient (Wildman–Crippen LogP) is 16.1. The van der Waals surface area contributed by atoms with E-state index in [0.717, 1.165) is 82.7 Å². The van der Waals surface area contributed by atoms with E-state index >= 15 is 0 Å². The molecule has 0 aliphatic rings. The molecule has 318 valence electrons. The average Bonchev–Trinajstić information content (AvgIpc) is 3.95. The molecule has 68 heavy (non-hydrogen) atoms. The molecule has 10 aromatic carbocycles. The average molecular weight is 868 g/mol. The predicted molar refractivity (Wildman–Crippen MR) is 281 cm³/mol. The van der Waals surface area contributed by atoms with Crippen LogP contribution in [0.1, 0.15) is 0 Å². The highest BCUT2D eigenvalue weighted by molar-refractivity contribution is 6.23. The van der Waals surface area contributed by atoms with E-state index in [1.54, 1.807) is 0 Å². The summed E-state index contributed by atoms with van der Waals surface area (Å²) >= 11 is 0. The lowest BCUT2D eigenvalue weighted by Crippen LogP contribution is -2.07. The Morgan fingerprint density at radius 3 is 1.01 bits per heavy atom. The summed E-state index contributed by atoms with van der Waals surface area (Å²) < 4.78 is 4.72. The molecule has 3 aromatic heterocycles. The third-order valence-electron chi connectivity index (χ3n) is 13.2. The second kappa shape index (κ2) is 16.4. The van der Waals surface area contributed by atoms with Crippen LogP contribution in [0.3, 0.4) is 0 Å². The van der Waals surface area contributed by atoms with Gasteiger partial charge in [0, 0.05) is 38.4 Å². The Bertz CT molecular complexity index is 3810. The van der Waals surface area contributed by atoms with Gasteiger partial charge in [0.25, 0.3) is 0 Å². The summed E-state index contributed by atoms with van der Waals surface area (Å²) in [6.07, 6.45) is 0. The molecule has 0 amide bonds. The van der Waals surface area contributed by atoms with Gasteiger partial charge in [0.15, 0.2) is 11.6 Å². The highest BCUT2D eigenvalue weighted by atomic mass is 15.2. The third-order valence-corrected chi connectivity index (χ3v) is 13.2. The molecule has 5 heteroatoms. The molecular formula is C63H41N5. The molecule has 0 unspecified atom stereocenters. The quantitative estimate of drug-likeness (QED) is 0.153. The molecule has 0 saturated carbocycles. The van der Waals surface area contributed by atoms with E-state index in [2.05, 4.69) is 221 Å². The number of fused-ring (bicyclic) bond motifs is 7. The fourth-order valence-electron chi connectivity index (χ4n) is 9.92. The van der Waals surface area contributed by atoms with Crippen LogP contribution in [0.2, 0.25) is 0 Å². The van der Waals surface area contributed by atoms with Crippen LogP contribution < -0.4 is 0 Å². The number of hydrogen-bond acceptors (Lipinski definition) is 3. The van der Waals surface area contributed by atoms with Crippen molar-refractivity contribution >= 4 is 43.6 Å². The van der Waals surface area contributed by atoms with Gasteiger partial charge in [0.1, 0.15) is 0 Å². The van der Waals surface area contributed by atoms with Gasteiger partial charge in [-0.1, -0.05) is 218 Å². The van der Waals surface area contributed by atoms with E-state index in [1.807, 2.05) is 36.4 Å². The first-order valence-corrected chi connectivity index (χ1v) is 23.0. The number of nitrogens with zero attached hydrogens (tertiary/aromatic N) is 5. The molecule has 3 heterocycles. The van der Waals surface area contributed by atoms with Crippen LogP contribution in [-0.2, 0) is 0 Å². The Labute approximate surface area is 393 Å². The fourth-order valence-corrected chi connectivity index (χ4v) is 9.92. The normalized spacial score (nSPS) is 11.5. The molecule has 0 aliphatic heterocycles. The molecule has 0 N–H and O–H groups in total. The van der Waals surface area contributed by atoms with Gasteiger partial charge in [-0.3, -0.25) is 4.57 Å². The van der Waals surface area contributed by atoms with E-state index in [1.165, 1.54) is 22.3 Å². The SMILES string of the molecule is c1ccc(-c2ccc(-c3cc(-c4ccc(-c5ccccc5)cc4)cc(-n4c5ccccc5c5ccc6c7ccccc7n(-c7nc(-c8ccccc8)nc(-c8ccccc8)n7)c6c54)c3)cc2)cc1. The standard InChI is InChI=1S/C63H41N5/c1-5-17-42(18-6-1)44-29-33-46(34-30-44)50-39-51(47-35-31-45(32-36-47)43-19-7-2-8-20-43)41-52(40-50)67-57-27-15-13-25-53(57)55-37-38-56-54-26-14-16-28-58(54)68(60(56)59(55)67)63-65-61(48-21-9-3-10-22-48)64-62(66-63)49-23-11-4-12-24-49/h1-41H. The van der Waals surface area contributed by atoms with E-state index in [-0.39, 0.29) is 0 Å². The van der Waals surface area contributed by atoms with Crippen LogP contribution in [0.4, 0.5) is 0 Å².